The van der Waals surface area contributed by atoms with Gasteiger partial charge in [-0.05, 0) is 40.7 Å². The molecule has 2 N–H and O–H groups in total. The molecular formula is C31H42N4O5. The molecule has 3 aliphatic heterocycles. The van der Waals surface area contributed by atoms with Crippen LogP contribution in [0.25, 0.3) is 0 Å². The summed E-state index contributed by atoms with van der Waals surface area (Å²) in [6, 6.07) is 13.3. The molecule has 0 aromatic heterocycles. The van der Waals surface area contributed by atoms with Crippen LogP contribution >= 0.6 is 0 Å². The summed E-state index contributed by atoms with van der Waals surface area (Å²) in [5.74, 6) is 1.69. The van der Waals surface area contributed by atoms with Crippen molar-refractivity contribution in [2.45, 2.75) is 65.4 Å². The van der Waals surface area contributed by atoms with Gasteiger partial charge in [0.2, 0.25) is 18.6 Å². The number of amides is 2. The summed E-state index contributed by atoms with van der Waals surface area (Å²) in [4.78, 5) is 33.8. The maximum atomic E-state index is 13.9. The van der Waals surface area contributed by atoms with E-state index in [4.69, 9.17) is 9.47 Å². The Kier molecular flexibility index (Phi) is 8.63. The number of fused-ring (bicyclic) bond motifs is 1. The van der Waals surface area contributed by atoms with Crippen LogP contribution < -0.4 is 14.8 Å². The number of carbonyl (C=O) groups excluding carboxylic acids is 2. The molecule has 2 fully saturated rings. The van der Waals surface area contributed by atoms with Crippen molar-refractivity contribution in [1.82, 2.24) is 20.0 Å². The molecule has 2 unspecified atom stereocenters. The summed E-state index contributed by atoms with van der Waals surface area (Å²) < 4.78 is 11.1. The van der Waals surface area contributed by atoms with Crippen LogP contribution in [0.3, 0.4) is 0 Å². The van der Waals surface area contributed by atoms with Crippen molar-refractivity contribution in [1.29, 1.82) is 0 Å². The molecule has 40 heavy (non-hydrogen) atoms. The summed E-state index contributed by atoms with van der Waals surface area (Å²) in [7, 11) is 0. The zero-order valence-electron chi connectivity index (χ0n) is 23.9. The molecule has 2 atom stereocenters. The van der Waals surface area contributed by atoms with Crippen molar-refractivity contribution in [3.8, 4) is 11.5 Å². The van der Waals surface area contributed by atoms with Crippen molar-refractivity contribution in [3.05, 3.63) is 59.2 Å². The fourth-order valence-electron chi connectivity index (χ4n) is 5.91. The summed E-state index contributed by atoms with van der Waals surface area (Å²) in [5, 5.41) is 13.0. The maximum Gasteiger partial charge on any atom is 0.240 e. The van der Waals surface area contributed by atoms with Gasteiger partial charge in [0.05, 0.1) is 12.6 Å². The highest BCUT2D eigenvalue weighted by Gasteiger charge is 2.42. The van der Waals surface area contributed by atoms with Gasteiger partial charge in [0, 0.05) is 58.3 Å². The van der Waals surface area contributed by atoms with Gasteiger partial charge in [0.25, 0.3) is 0 Å². The first-order chi connectivity index (χ1) is 19.2. The second kappa shape index (κ2) is 12.2. The van der Waals surface area contributed by atoms with E-state index < -0.39 is 0 Å². The smallest absolute Gasteiger partial charge is 0.240 e. The van der Waals surface area contributed by atoms with E-state index in [9.17, 15) is 14.7 Å². The molecule has 0 radical (unpaired) electrons. The lowest BCUT2D eigenvalue weighted by Gasteiger charge is -2.33. The third kappa shape index (κ3) is 6.77. The van der Waals surface area contributed by atoms with Crippen molar-refractivity contribution >= 4 is 11.8 Å². The van der Waals surface area contributed by atoms with E-state index in [2.05, 4.69) is 31.0 Å². The Balaban J connectivity index is 1.42. The van der Waals surface area contributed by atoms with Crippen LogP contribution in [0.5, 0.6) is 11.5 Å². The molecule has 0 aliphatic carbocycles. The van der Waals surface area contributed by atoms with Gasteiger partial charge >= 0.3 is 0 Å². The van der Waals surface area contributed by atoms with Crippen LogP contribution in [0.15, 0.2) is 42.5 Å². The lowest BCUT2D eigenvalue weighted by Crippen LogP contribution is -2.52. The van der Waals surface area contributed by atoms with Gasteiger partial charge in [0.15, 0.2) is 11.5 Å². The molecule has 2 amide bonds. The molecule has 3 heterocycles. The van der Waals surface area contributed by atoms with Gasteiger partial charge < -0.3 is 29.7 Å². The largest absolute Gasteiger partial charge is 0.454 e. The van der Waals surface area contributed by atoms with Crippen LogP contribution in [0, 0.1) is 5.41 Å². The van der Waals surface area contributed by atoms with Crippen molar-refractivity contribution in [2.24, 2.45) is 5.41 Å². The van der Waals surface area contributed by atoms with Gasteiger partial charge in [-0.2, -0.15) is 0 Å². The zero-order valence-corrected chi connectivity index (χ0v) is 23.9. The molecule has 216 valence electrons. The number of hydrogen-bond acceptors (Lipinski definition) is 7. The molecule has 2 aromatic rings. The van der Waals surface area contributed by atoms with Gasteiger partial charge in [-0.25, -0.2) is 0 Å². The lowest BCUT2D eigenvalue weighted by molar-refractivity contribution is -0.138. The first-order valence-corrected chi connectivity index (χ1v) is 14.3. The topological polar surface area (TPSA) is 94.6 Å². The average Bonchev–Trinajstić information content (AvgIpc) is 3.58. The molecule has 3 aliphatic rings. The fourth-order valence-corrected chi connectivity index (χ4v) is 5.91. The van der Waals surface area contributed by atoms with E-state index in [1.165, 1.54) is 0 Å². The third-order valence-electron chi connectivity index (χ3n) is 7.89. The number of nitrogens with one attached hydrogen (secondary N) is 1. The minimum atomic E-state index is -0.317. The standard InChI is InChI=1S/C31H42N4O5/c1-31(2,3)16-29(37)35(18-22-5-4-6-24(13-22)20-36)25-15-26(30(38)33-11-9-32-10-12-33)34(19-25)17-23-7-8-27-28(14-23)40-21-39-27/h4-8,13-14,25-26,32,36H,9-12,15-21H2,1-3H3. The number of ether oxygens (including phenoxy) is 2. The van der Waals surface area contributed by atoms with E-state index >= 15 is 0 Å². The van der Waals surface area contributed by atoms with Crippen molar-refractivity contribution in [3.63, 3.8) is 0 Å². The quantitative estimate of drug-likeness (QED) is 0.522. The molecule has 0 saturated carbocycles. The minimum absolute atomic E-state index is 0.0439. The molecule has 9 nitrogen and oxygen atoms in total. The fraction of sp³-hybridized carbons (Fsp3) is 0.548. The monoisotopic (exact) mass is 550 g/mol. The van der Waals surface area contributed by atoms with E-state index in [1.807, 2.05) is 52.3 Å². The van der Waals surface area contributed by atoms with E-state index in [0.29, 0.717) is 45.6 Å². The van der Waals surface area contributed by atoms with E-state index in [0.717, 1.165) is 41.3 Å². The minimum Gasteiger partial charge on any atom is -0.454 e. The van der Waals surface area contributed by atoms with Gasteiger partial charge in [-0.3, -0.25) is 14.5 Å². The van der Waals surface area contributed by atoms with Crippen LogP contribution in [-0.2, 0) is 29.3 Å². The number of aliphatic hydroxyl groups is 1. The van der Waals surface area contributed by atoms with Crippen LogP contribution in [-0.4, -0.2) is 83.2 Å². The summed E-state index contributed by atoms with van der Waals surface area (Å²) in [6.07, 6.45) is 1.00. The van der Waals surface area contributed by atoms with Gasteiger partial charge in [-0.15, -0.1) is 0 Å². The Morgan fingerprint density at radius 1 is 1.02 bits per heavy atom. The number of carbonyl (C=O) groups is 2. The second-order valence-corrected chi connectivity index (χ2v) is 12.3. The van der Waals surface area contributed by atoms with Gasteiger partial charge in [-0.1, -0.05) is 51.1 Å². The summed E-state index contributed by atoms with van der Waals surface area (Å²) in [5.41, 5.74) is 2.69. The number of hydrogen-bond donors (Lipinski definition) is 2. The molecule has 2 aromatic carbocycles. The summed E-state index contributed by atoms with van der Waals surface area (Å²) in [6.45, 7) is 11.0. The second-order valence-electron chi connectivity index (χ2n) is 12.3. The van der Waals surface area contributed by atoms with E-state index in [1.54, 1.807) is 0 Å². The normalized spacial score (nSPS) is 21.1. The third-order valence-corrected chi connectivity index (χ3v) is 7.89. The van der Waals surface area contributed by atoms with Crippen LogP contribution in [0.2, 0.25) is 0 Å². The highest BCUT2D eigenvalue weighted by atomic mass is 16.7. The zero-order chi connectivity index (χ0) is 28.3. The Morgan fingerprint density at radius 2 is 1.77 bits per heavy atom. The SMILES string of the molecule is CC(C)(C)CC(=O)N(Cc1cccc(CO)c1)C1CC(C(=O)N2CCNCC2)N(Cc2ccc3c(c2)OCO3)C1. The van der Waals surface area contributed by atoms with Crippen molar-refractivity contribution in [2.75, 3.05) is 39.5 Å². The molecule has 9 heteroatoms. The highest BCUT2D eigenvalue weighted by molar-refractivity contribution is 5.83. The predicted molar refractivity (Wildman–Crippen MR) is 152 cm³/mol. The molecule has 0 bridgehead atoms. The Labute approximate surface area is 237 Å². The Bertz CT molecular complexity index is 1210. The Morgan fingerprint density at radius 3 is 2.52 bits per heavy atom. The number of rotatable bonds is 8. The average molecular weight is 551 g/mol. The molecule has 2 saturated heterocycles. The number of aliphatic hydroxyl groups excluding tert-OH is 1. The van der Waals surface area contributed by atoms with Crippen molar-refractivity contribution < 1.29 is 24.2 Å². The van der Waals surface area contributed by atoms with Gasteiger partial charge in [0.1, 0.15) is 0 Å². The molecule has 0 spiro atoms. The Hall–Kier alpha value is -3.14. The number of benzene rings is 2. The first-order valence-electron chi connectivity index (χ1n) is 14.3. The van der Waals surface area contributed by atoms with Crippen LogP contribution in [0.4, 0.5) is 0 Å². The predicted octanol–water partition coefficient (Wildman–Crippen LogP) is 2.75. The number of nitrogens with zero attached hydrogens (tertiary/aromatic N) is 3. The molecule has 5 rings (SSSR count). The molecular weight excluding hydrogens is 508 g/mol. The summed E-state index contributed by atoms with van der Waals surface area (Å²) >= 11 is 0. The lowest BCUT2D eigenvalue weighted by atomic mass is 9.91. The van der Waals surface area contributed by atoms with E-state index in [-0.39, 0.29) is 42.7 Å². The first kappa shape index (κ1) is 28.4. The highest BCUT2D eigenvalue weighted by Crippen LogP contribution is 2.35. The van der Waals surface area contributed by atoms with Crippen LogP contribution in [0.1, 0.15) is 50.3 Å². The number of likely N-dealkylation sites (tertiary alicyclic amines) is 1. The number of piperazine rings is 1. The maximum absolute atomic E-state index is 13.9.